The summed E-state index contributed by atoms with van der Waals surface area (Å²) in [6.07, 6.45) is 1.57. The minimum atomic E-state index is 0.835. The number of nitrogens with one attached hydrogen (secondary N) is 2. The highest BCUT2D eigenvalue weighted by Crippen LogP contribution is 2.21. The number of hydrogen-bond donors (Lipinski definition) is 2. The quantitative estimate of drug-likeness (QED) is 0.844. The van der Waals surface area contributed by atoms with Crippen molar-refractivity contribution in [2.75, 3.05) is 17.2 Å². The third-order valence-corrected chi connectivity index (χ3v) is 2.46. The van der Waals surface area contributed by atoms with E-state index in [0.29, 0.717) is 0 Å². The molecule has 0 radical (unpaired) electrons. The number of anilines is 3. The second kappa shape index (κ2) is 5.30. The zero-order valence-corrected chi connectivity index (χ0v) is 10.1. The Bertz CT molecular complexity index is 482. The first-order chi connectivity index (χ1) is 8.31. The predicted octanol–water partition coefficient (Wildman–Crippen LogP) is 2.96. The van der Waals surface area contributed by atoms with E-state index >= 15 is 0 Å². The lowest BCUT2D eigenvalue weighted by atomic mass is 10.2. The Morgan fingerprint density at radius 3 is 2.47 bits per heavy atom. The number of rotatable bonds is 4. The van der Waals surface area contributed by atoms with Gasteiger partial charge in [-0.25, -0.2) is 9.97 Å². The maximum Gasteiger partial charge on any atom is 0.138 e. The maximum absolute atomic E-state index is 4.25. The van der Waals surface area contributed by atoms with Gasteiger partial charge in [-0.15, -0.1) is 0 Å². The highest BCUT2D eigenvalue weighted by molar-refractivity contribution is 5.64. The summed E-state index contributed by atoms with van der Waals surface area (Å²) in [7, 11) is 0. The van der Waals surface area contributed by atoms with Crippen LogP contribution in [0.15, 0.2) is 36.7 Å². The third kappa shape index (κ3) is 2.72. The molecule has 17 heavy (non-hydrogen) atoms. The Morgan fingerprint density at radius 1 is 1.06 bits per heavy atom. The van der Waals surface area contributed by atoms with Crippen LogP contribution in [0.2, 0.25) is 0 Å². The smallest absolute Gasteiger partial charge is 0.138 e. The highest BCUT2D eigenvalue weighted by atomic mass is 15.1. The average Bonchev–Trinajstić information content (AvgIpc) is 2.36. The average molecular weight is 228 g/mol. The zero-order chi connectivity index (χ0) is 12.1. The minimum absolute atomic E-state index is 0.835. The lowest BCUT2D eigenvalue weighted by Gasteiger charge is -2.11. The second-order valence-electron chi connectivity index (χ2n) is 3.72. The van der Waals surface area contributed by atoms with Gasteiger partial charge in [0.05, 0.1) is 0 Å². The van der Waals surface area contributed by atoms with Crippen LogP contribution in [-0.2, 0) is 0 Å². The van der Waals surface area contributed by atoms with Gasteiger partial charge in [0.2, 0.25) is 0 Å². The molecule has 88 valence electrons. The summed E-state index contributed by atoms with van der Waals surface area (Å²) in [5, 5.41) is 6.49. The third-order valence-electron chi connectivity index (χ3n) is 2.46. The Labute approximate surface area is 101 Å². The standard InChI is InChI=1S/C13H16N4/c1-3-14-12-10(2)13(16-9-15-12)17-11-7-5-4-6-8-11/h4-9H,3H2,1-2H3,(H2,14,15,16,17). The van der Waals surface area contributed by atoms with Gasteiger partial charge in [0.25, 0.3) is 0 Å². The van der Waals surface area contributed by atoms with Crippen LogP contribution in [0.25, 0.3) is 0 Å². The zero-order valence-electron chi connectivity index (χ0n) is 10.1. The molecule has 1 aromatic carbocycles. The number of para-hydroxylation sites is 1. The van der Waals surface area contributed by atoms with Crippen molar-refractivity contribution in [2.45, 2.75) is 13.8 Å². The Hall–Kier alpha value is -2.10. The molecule has 2 rings (SSSR count). The van der Waals surface area contributed by atoms with Crippen LogP contribution >= 0.6 is 0 Å². The van der Waals surface area contributed by atoms with Crippen molar-refractivity contribution in [3.8, 4) is 0 Å². The molecule has 1 aromatic heterocycles. The van der Waals surface area contributed by atoms with Crippen molar-refractivity contribution in [3.05, 3.63) is 42.2 Å². The van der Waals surface area contributed by atoms with E-state index in [1.165, 1.54) is 0 Å². The van der Waals surface area contributed by atoms with Crippen molar-refractivity contribution in [1.29, 1.82) is 0 Å². The van der Waals surface area contributed by atoms with Crippen molar-refractivity contribution in [1.82, 2.24) is 9.97 Å². The number of benzene rings is 1. The topological polar surface area (TPSA) is 49.8 Å². The lowest BCUT2D eigenvalue weighted by molar-refractivity contribution is 1.08. The number of nitrogens with zero attached hydrogens (tertiary/aromatic N) is 2. The second-order valence-corrected chi connectivity index (χ2v) is 3.72. The van der Waals surface area contributed by atoms with Gasteiger partial charge in [0.1, 0.15) is 18.0 Å². The van der Waals surface area contributed by atoms with Gasteiger partial charge in [-0.05, 0) is 26.0 Å². The monoisotopic (exact) mass is 228 g/mol. The normalized spacial score (nSPS) is 10.0. The summed E-state index contributed by atoms with van der Waals surface area (Å²) in [4.78, 5) is 8.46. The van der Waals surface area contributed by atoms with Crippen molar-refractivity contribution in [3.63, 3.8) is 0 Å². The molecule has 2 N–H and O–H groups in total. The first-order valence-electron chi connectivity index (χ1n) is 5.68. The van der Waals surface area contributed by atoms with Gasteiger partial charge in [0.15, 0.2) is 0 Å². The molecular weight excluding hydrogens is 212 g/mol. The molecule has 4 heteroatoms. The highest BCUT2D eigenvalue weighted by Gasteiger charge is 2.05. The SMILES string of the molecule is CCNc1ncnc(Nc2ccccc2)c1C. The van der Waals surface area contributed by atoms with E-state index in [2.05, 4.69) is 20.6 Å². The fraction of sp³-hybridized carbons (Fsp3) is 0.231. The molecule has 0 aliphatic carbocycles. The van der Waals surface area contributed by atoms with E-state index in [0.717, 1.165) is 29.4 Å². The van der Waals surface area contributed by atoms with Crippen LogP contribution in [0, 0.1) is 6.92 Å². The van der Waals surface area contributed by atoms with Crippen LogP contribution in [0.5, 0.6) is 0 Å². The summed E-state index contributed by atoms with van der Waals surface area (Å²) in [6.45, 7) is 4.90. The van der Waals surface area contributed by atoms with Gasteiger partial charge in [0, 0.05) is 17.8 Å². The molecule has 0 spiro atoms. The van der Waals surface area contributed by atoms with E-state index in [4.69, 9.17) is 0 Å². The van der Waals surface area contributed by atoms with Crippen LogP contribution in [0.3, 0.4) is 0 Å². The van der Waals surface area contributed by atoms with Gasteiger partial charge in [-0.2, -0.15) is 0 Å². The summed E-state index contributed by atoms with van der Waals surface area (Å²) in [5.74, 6) is 1.71. The maximum atomic E-state index is 4.25. The molecule has 0 saturated heterocycles. The molecule has 0 unspecified atom stereocenters. The molecule has 0 bridgehead atoms. The minimum Gasteiger partial charge on any atom is -0.370 e. The molecule has 0 amide bonds. The first-order valence-corrected chi connectivity index (χ1v) is 5.68. The van der Waals surface area contributed by atoms with Crippen molar-refractivity contribution < 1.29 is 0 Å². The molecule has 0 fully saturated rings. The Morgan fingerprint density at radius 2 is 1.76 bits per heavy atom. The first kappa shape index (κ1) is 11.4. The van der Waals surface area contributed by atoms with Gasteiger partial charge in [-0.1, -0.05) is 18.2 Å². The van der Waals surface area contributed by atoms with Gasteiger partial charge in [-0.3, -0.25) is 0 Å². The fourth-order valence-corrected chi connectivity index (χ4v) is 1.58. The molecule has 0 atom stereocenters. The number of hydrogen-bond acceptors (Lipinski definition) is 4. The Kier molecular flexibility index (Phi) is 3.55. The molecule has 0 aliphatic rings. The van der Waals surface area contributed by atoms with Crippen LogP contribution in [-0.4, -0.2) is 16.5 Å². The molecular formula is C13H16N4. The largest absolute Gasteiger partial charge is 0.370 e. The summed E-state index contributed by atoms with van der Waals surface area (Å²) in [6, 6.07) is 9.99. The van der Waals surface area contributed by atoms with E-state index < -0.39 is 0 Å². The van der Waals surface area contributed by atoms with Gasteiger partial charge >= 0.3 is 0 Å². The molecule has 0 aliphatic heterocycles. The van der Waals surface area contributed by atoms with Crippen LogP contribution in [0.4, 0.5) is 17.3 Å². The summed E-state index contributed by atoms with van der Waals surface area (Å²) < 4.78 is 0. The van der Waals surface area contributed by atoms with E-state index in [-0.39, 0.29) is 0 Å². The van der Waals surface area contributed by atoms with E-state index in [1.807, 2.05) is 44.2 Å². The van der Waals surface area contributed by atoms with Crippen LogP contribution < -0.4 is 10.6 Å². The fourth-order valence-electron chi connectivity index (χ4n) is 1.58. The summed E-state index contributed by atoms with van der Waals surface area (Å²) >= 11 is 0. The van der Waals surface area contributed by atoms with E-state index in [1.54, 1.807) is 6.33 Å². The van der Waals surface area contributed by atoms with Crippen LogP contribution in [0.1, 0.15) is 12.5 Å². The molecule has 2 aromatic rings. The van der Waals surface area contributed by atoms with Crippen molar-refractivity contribution >= 4 is 17.3 Å². The van der Waals surface area contributed by atoms with Crippen molar-refractivity contribution in [2.24, 2.45) is 0 Å². The number of aromatic nitrogens is 2. The Balaban J connectivity index is 2.24. The molecule has 0 saturated carbocycles. The predicted molar refractivity (Wildman–Crippen MR) is 70.7 cm³/mol. The molecule has 4 nitrogen and oxygen atoms in total. The van der Waals surface area contributed by atoms with E-state index in [9.17, 15) is 0 Å². The van der Waals surface area contributed by atoms with Gasteiger partial charge < -0.3 is 10.6 Å². The summed E-state index contributed by atoms with van der Waals surface area (Å²) in [5.41, 5.74) is 2.05. The lowest BCUT2D eigenvalue weighted by Crippen LogP contribution is -2.05. The molecule has 1 heterocycles.